The monoisotopic (exact) mass is 415 g/mol. The fraction of sp³-hybridized carbons (Fsp3) is 0.250. The fourth-order valence-corrected chi connectivity index (χ4v) is 3.77. The number of rotatable bonds is 8. The maximum Gasteiger partial charge on any atom is 0.251 e. The molecule has 0 radical (unpaired) electrons. The summed E-state index contributed by atoms with van der Waals surface area (Å²) in [5.41, 5.74) is 2.74. The fourth-order valence-electron chi connectivity index (χ4n) is 2.78. The summed E-state index contributed by atoms with van der Waals surface area (Å²) in [5, 5.41) is 11.1. The number of carbonyl (C=O) groups is 1. The van der Waals surface area contributed by atoms with Gasteiger partial charge in [0.1, 0.15) is 6.33 Å². The lowest BCUT2D eigenvalue weighted by molar-refractivity contribution is 0.0942. The summed E-state index contributed by atoms with van der Waals surface area (Å²) in [5.74, 6) is 0.653. The molecule has 0 saturated carbocycles. The van der Waals surface area contributed by atoms with Crippen LogP contribution in [0.2, 0.25) is 5.02 Å². The number of nitrogens with one attached hydrogen (secondary N) is 2. The quantitative estimate of drug-likeness (QED) is 0.547. The van der Waals surface area contributed by atoms with Crippen molar-refractivity contribution in [1.82, 2.24) is 25.4 Å². The van der Waals surface area contributed by atoms with Gasteiger partial charge in [-0.2, -0.15) is 5.10 Å². The number of hydrogen-bond acceptors (Lipinski definition) is 5. The number of aromatic nitrogens is 3. The Labute approximate surface area is 173 Å². The van der Waals surface area contributed by atoms with E-state index >= 15 is 0 Å². The van der Waals surface area contributed by atoms with E-state index in [9.17, 15) is 4.79 Å². The number of hydrogen-bond donors (Lipinski definition) is 2. The van der Waals surface area contributed by atoms with Gasteiger partial charge in [0.05, 0.1) is 6.04 Å². The van der Waals surface area contributed by atoms with Gasteiger partial charge in [-0.05, 0) is 43.4 Å². The van der Waals surface area contributed by atoms with Crippen LogP contribution in [0.5, 0.6) is 0 Å². The molecule has 0 fully saturated rings. The summed E-state index contributed by atoms with van der Waals surface area (Å²) in [7, 11) is 3.95. The molecule has 1 unspecified atom stereocenters. The Hall–Kier alpha value is -2.35. The number of carbonyl (C=O) groups excluding carboxylic acids is 1. The van der Waals surface area contributed by atoms with Gasteiger partial charge >= 0.3 is 0 Å². The third kappa shape index (κ3) is 5.34. The van der Waals surface area contributed by atoms with Crippen LogP contribution in [0.1, 0.15) is 27.5 Å². The summed E-state index contributed by atoms with van der Waals surface area (Å²) in [6, 6.07) is 15.3. The van der Waals surface area contributed by atoms with Crippen LogP contribution in [-0.4, -0.2) is 46.6 Å². The summed E-state index contributed by atoms with van der Waals surface area (Å²) < 4.78 is 0. The lowest BCUT2D eigenvalue weighted by Gasteiger charge is -2.26. The third-order valence-electron chi connectivity index (χ3n) is 4.33. The Morgan fingerprint density at radius 1 is 1.21 bits per heavy atom. The average molecular weight is 416 g/mol. The van der Waals surface area contributed by atoms with Crippen LogP contribution in [0.4, 0.5) is 0 Å². The van der Waals surface area contributed by atoms with E-state index in [-0.39, 0.29) is 11.9 Å². The summed E-state index contributed by atoms with van der Waals surface area (Å²) in [6.07, 6.45) is 1.49. The van der Waals surface area contributed by atoms with E-state index in [0.29, 0.717) is 17.1 Å². The molecule has 28 heavy (non-hydrogen) atoms. The molecular formula is C20H22ClN5OS. The molecule has 146 valence electrons. The number of likely N-dealkylation sites (N-methyl/N-ethyl adjacent to an activating group) is 1. The molecule has 2 N–H and O–H groups in total. The van der Waals surface area contributed by atoms with Crippen LogP contribution in [0.25, 0.3) is 0 Å². The van der Waals surface area contributed by atoms with Crippen molar-refractivity contribution in [2.24, 2.45) is 0 Å². The van der Waals surface area contributed by atoms with Crippen LogP contribution in [0.15, 0.2) is 60.0 Å². The van der Waals surface area contributed by atoms with Gasteiger partial charge in [-0.25, -0.2) is 4.98 Å². The van der Waals surface area contributed by atoms with Crippen molar-refractivity contribution in [2.75, 3.05) is 20.6 Å². The highest BCUT2D eigenvalue weighted by Gasteiger charge is 2.18. The Kier molecular flexibility index (Phi) is 7.08. The van der Waals surface area contributed by atoms with E-state index in [0.717, 1.165) is 22.0 Å². The van der Waals surface area contributed by atoms with Crippen molar-refractivity contribution >= 4 is 29.3 Å². The molecule has 1 atom stereocenters. The van der Waals surface area contributed by atoms with Crippen molar-refractivity contribution in [3.8, 4) is 0 Å². The Morgan fingerprint density at radius 2 is 1.96 bits per heavy atom. The van der Waals surface area contributed by atoms with E-state index < -0.39 is 0 Å². The summed E-state index contributed by atoms with van der Waals surface area (Å²) in [4.78, 5) is 18.7. The zero-order valence-electron chi connectivity index (χ0n) is 15.7. The SMILES string of the molecule is CN(C)C(CNC(=O)c1ccc(CSc2ncn[nH]2)cc1)c1ccccc1Cl. The van der Waals surface area contributed by atoms with Gasteiger partial charge in [0.15, 0.2) is 5.16 Å². The molecule has 0 aliphatic carbocycles. The molecule has 0 saturated heterocycles. The van der Waals surface area contributed by atoms with Gasteiger partial charge < -0.3 is 10.2 Å². The van der Waals surface area contributed by atoms with Crippen LogP contribution < -0.4 is 5.32 Å². The smallest absolute Gasteiger partial charge is 0.251 e. The highest BCUT2D eigenvalue weighted by Crippen LogP contribution is 2.25. The molecule has 0 spiro atoms. The second-order valence-corrected chi connectivity index (χ2v) is 7.86. The predicted molar refractivity (Wildman–Crippen MR) is 113 cm³/mol. The second kappa shape index (κ2) is 9.73. The normalized spacial score (nSPS) is 12.1. The molecule has 0 aliphatic heterocycles. The number of benzene rings is 2. The lowest BCUT2D eigenvalue weighted by atomic mass is 10.1. The number of aromatic amines is 1. The van der Waals surface area contributed by atoms with Crippen molar-refractivity contribution in [3.63, 3.8) is 0 Å². The topological polar surface area (TPSA) is 73.9 Å². The zero-order valence-corrected chi connectivity index (χ0v) is 17.3. The van der Waals surface area contributed by atoms with E-state index in [4.69, 9.17) is 11.6 Å². The molecule has 1 heterocycles. The van der Waals surface area contributed by atoms with Gasteiger partial charge in [-0.3, -0.25) is 9.89 Å². The average Bonchev–Trinajstić information content (AvgIpc) is 3.21. The van der Waals surface area contributed by atoms with Gasteiger partial charge in [0.2, 0.25) is 0 Å². The lowest BCUT2D eigenvalue weighted by Crippen LogP contribution is -2.34. The Balaban J connectivity index is 1.58. The van der Waals surface area contributed by atoms with Gasteiger partial charge in [0.25, 0.3) is 5.91 Å². The highest BCUT2D eigenvalue weighted by atomic mass is 35.5. The Morgan fingerprint density at radius 3 is 2.61 bits per heavy atom. The maximum absolute atomic E-state index is 12.6. The van der Waals surface area contributed by atoms with Crippen molar-refractivity contribution < 1.29 is 4.79 Å². The first kappa shape index (κ1) is 20.4. The molecule has 2 aromatic carbocycles. The third-order valence-corrected chi connectivity index (χ3v) is 5.62. The van der Waals surface area contributed by atoms with Crippen LogP contribution in [-0.2, 0) is 5.75 Å². The highest BCUT2D eigenvalue weighted by molar-refractivity contribution is 7.98. The minimum atomic E-state index is -0.103. The van der Waals surface area contributed by atoms with Crippen molar-refractivity contribution in [2.45, 2.75) is 17.0 Å². The second-order valence-electron chi connectivity index (χ2n) is 6.49. The number of halogens is 1. The van der Waals surface area contributed by atoms with Gasteiger partial charge in [-0.15, -0.1) is 0 Å². The minimum absolute atomic E-state index is 0.00442. The summed E-state index contributed by atoms with van der Waals surface area (Å²) >= 11 is 7.89. The Bertz CT molecular complexity index is 899. The minimum Gasteiger partial charge on any atom is -0.350 e. The molecule has 1 amide bonds. The number of amides is 1. The number of nitrogens with zero attached hydrogens (tertiary/aromatic N) is 3. The zero-order chi connectivity index (χ0) is 19.9. The first-order valence-corrected chi connectivity index (χ1v) is 10.2. The first-order valence-electron chi connectivity index (χ1n) is 8.80. The van der Waals surface area contributed by atoms with Crippen LogP contribution in [0, 0.1) is 0 Å². The van der Waals surface area contributed by atoms with Crippen molar-refractivity contribution in [3.05, 3.63) is 76.6 Å². The first-order chi connectivity index (χ1) is 13.5. The molecule has 3 rings (SSSR count). The number of H-pyrrole nitrogens is 1. The van der Waals surface area contributed by atoms with E-state index in [1.165, 1.54) is 6.33 Å². The largest absolute Gasteiger partial charge is 0.350 e. The van der Waals surface area contributed by atoms with E-state index in [1.54, 1.807) is 11.8 Å². The van der Waals surface area contributed by atoms with Crippen LogP contribution in [0.3, 0.4) is 0 Å². The molecule has 8 heteroatoms. The molecule has 0 bridgehead atoms. The standard InChI is InChI=1S/C20H22ClN5OS/c1-26(2)18(16-5-3-4-6-17(16)21)11-22-19(27)15-9-7-14(8-10-15)12-28-20-23-13-24-25-20/h3-10,13,18H,11-12H2,1-2H3,(H,22,27)(H,23,24,25). The molecule has 0 aliphatic rings. The number of thioether (sulfide) groups is 1. The molecular weight excluding hydrogens is 394 g/mol. The van der Waals surface area contributed by atoms with Crippen molar-refractivity contribution in [1.29, 1.82) is 0 Å². The summed E-state index contributed by atoms with van der Waals surface area (Å²) in [6.45, 7) is 0.471. The molecule has 3 aromatic rings. The molecule has 6 nitrogen and oxygen atoms in total. The molecule has 1 aromatic heterocycles. The van der Waals surface area contributed by atoms with Gasteiger partial charge in [0, 0.05) is 22.9 Å². The van der Waals surface area contributed by atoms with Gasteiger partial charge in [-0.1, -0.05) is 53.7 Å². The van der Waals surface area contributed by atoms with Crippen LogP contribution >= 0.6 is 23.4 Å². The maximum atomic E-state index is 12.6. The van der Waals surface area contributed by atoms with E-state index in [1.807, 2.05) is 67.5 Å². The predicted octanol–water partition coefficient (Wildman–Crippen LogP) is 3.78. The van der Waals surface area contributed by atoms with E-state index in [2.05, 4.69) is 20.5 Å².